The zero-order valence-electron chi connectivity index (χ0n) is 15.2. The molecule has 0 aromatic carbocycles. The van der Waals surface area contributed by atoms with Crippen LogP contribution in [0.5, 0.6) is 0 Å². The maximum atomic E-state index is 13.1. The number of piperidine rings is 1. The summed E-state index contributed by atoms with van der Waals surface area (Å²) in [4.78, 5) is 33.5. The smallest absolute Gasteiger partial charge is 0.265 e. The zero-order chi connectivity index (χ0) is 19.0. The van der Waals surface area contributed by atoms with Crippen LogP contribution < -0.4 is 5.32 Å². The molecule has 2 amide bonds. The van der Waals surface area contributed by atoms with Gasteiger partial charge in [0.2, 0.25) is 5.91 Å². The lowest BCUT2D eigenvalue weighted by atomic mass is 9.97. The summed E-state index contributed by atoms with van der Waals surface area (Å²) in [7, 11) is 0. The van der Waals surface area contributed by atoms with Crippen molar-refractivity contribution in [2.24, 2.45) is 11.8 Å². The van der Waals surface area contributed by atoms with Gasteiger partial charge < -0.3 is 10.2 Å². The van der Waals surface area contributed by atoms with E-state index in [0.717, 1.165) is 35.0 Å². The number of aromatic nitrogens is 1. The monoisotopic (exact) mass is 423 g/mol. The second kappa shape index (κ2) is 7.89. The Kier molecular flexibility index (Phi) is 5.53. The van der Waals surface area contributed by atoms with Gasteiger partial charge in [-0.3, -0.25) is 9.59 Å². The van der Waals surface area contributed by atoms with E-state index in [4.69, 9.17) is 11.6 Å². The lowest BCUT2D eigenvalue weighted by molar-refractivity contribution is -0.126. The van der Waals surface area contributed by atoms with Crippen molar-refractivity contribution in [3.8, 4) is 9.88 Å². The second-order valence-corrected chi connectivity index (χ2v) is 10.0. The van der Waals surface area contributed by atoms with E-state index in [0.29, 0.717) is 28.2 Å². The molecular weight excluding hydrogens is 402 g/mol. The number of halogens is 1. The Morgan fingerprint density at radius 1 is 1.30 bits per heavy atom. The van der Waals surface area contributed by atoms with Crippen molar-refractivity contribution in [1.82, 2.24) is 15.2 Å². The molecule has 2 aromatic rings. The van der Waals surface area contributed by atoms with Gasteiger partial charge in [-0.1, -0.05) is 11.6 Å². The largest absolute Gasteiger partial charge is 0.356 e. The van der Waals surface area contributed by atoms with E-state index in [-0.39, 0.29) is 17.7 Å². The molecule has 0 spiro atoms. The standard InChI is InChI=1S/C19H22ClN3O2S2/c1-11-16(27-18(22-11)14-6-7-15(20)26-14)19(25)23-8-2-3-13(10-23)17(24)21-9-12-4-5-12/h6-7,12-13H,2-5,8-10H2,1H3,(H,21,24). The van der Waals surface area contributed by atoms with Gasteiger partial charge >= 0.3 is 0 Å². The number of nitrogens with one attached hydrogen (secondary N) is 1. The molecule has 144 valence electrons. The van der Waals surface area contributed by atoms with Gasteiger partial charge in [-0.05, 0) is 50.7 Å². The van der Waals surface area contributed by atoms with Crippen molar-refractivity contribution in [3.05, 3.63) is 27.0 Å². The minimum Gasteiger partial charge on any atom is -0.356 e. The van der Waals surface area contributed by atoms with Crippen LogP contribution in [0, 0.1) is 18.8 Å². The molecule has 4 rings (SSSR count). The van der Waals surface area contributed by atoms with Gasteiger partial charge in [0.05, 0.1) is 20.8 Å². The molecule has 27 heavy (non-hydrogen) atoms. The topological polar surface area (TPSA) is 62.3 Å². The van der Waals surface area contributed by atoms with Crippen LogP contribution in [0.15, 0.2) is 12.1 Å². The third-order valence-corrected chi connectivity index (χ3v) is 7.66. The van der Waals surface area contributed by atoms with Gasteiger partial charge in [0.25, 0.3) is 5.91 Å². The maximum absolute atomic E-state index is 13.1. The van der Waals surface area contributed by atoms with Crippen LogP contribution in [0.1, 0.15) is 41.0 Å². The quantitative estimate of drug-likeness (QED) is 0.783. The minimum atomic E-state index is -0.106. The van der Waals surface area contributed by atoms with Gasteiger partial charge in [-0.25, -0.2) is 4.98 Å². The molecule has 1 saturated carbocycles. The zero-order valence-corrected chi connectivity index (χ0v) is 17.6. The summed E-state index contributed by atoms with van der Waals surface area (Å²) < 4.78 is 0.710. The van der Waals surface area contributed by atoms with Gasteiger partial charge in [-0.15, -0.1) is 22.7 Å². The third kappa shape index (κ3) is 4.36. The lowest BCUT2D eigenvalue weighted by Gasteiger charge is -2.31. The fourth-order valence-electron chi connectivity index (χ4n) is 3.36. The maximum Gasteiger partial charge on any atom is 0.265 e. The second-order valence-electron chi connectivity index (χ2n) is 7.32. The van der Waals surface area contributed by atoms with E-state index >= 15 is 0 Å². The first-order valence-corrected chi connectivity index (χ1v) is 11.3. The predicted octanol–water partition coefficient (Wildman–Crippen LogP) is 4.21. The molecule has 1 atom stereocenters. The molecule has 2 aromatic heterocycles. The average Bonchev–Trinajstić information content (AvgIpc) is 3.28. The normalized spacial score (nSPS) is 19.9. The number of aryl methyl sites for hydroxylation is 1. The molecule has 1 aliphatic heterocycles. The molecule has 0 bridgehead atoms. The molecular formula is C19H22ClN3O2S2. The molecule has 2 fully saturated rings. The Morgan fingerprint density at radius 2 is 2.11 bits per heavy atom. The summed E-state index contributed by atoms with van der Waals surface area (Å²) >= 11 is 8.89. The predicted molar refractivity (Wildman–Crippen MR) is 110 cm³/mol. The number of carbonyl (C=O) groups excluding carboxylic acids is 2. The van der Waals surface area contributed by atoms with Crippen molar-refractivity contribution in [2.75, 3.05) is 19.6 Å². The van der Waals surface area contributed by atoms with Crippen LogP contribution in [0.2, 0.25) is 4.34 Å². The fraction of sp³-hybridized carbons (Fsp3) is 0.526. The number of likely N-dealkylation sites (tertiary alicyclic amines) is 1. The van der Waals surface area contributed by atoms with Crippen molar-refractivity contribution in [1.29, 1.82) is 0 Å². The van der Waals surface area contributed by atoms with Crippen LogP contribution in [-0.4, -0.2) is 41.3 Å². The number of carbonyl (C=O) groups is 2. The Balaban J connectivity index is 1.44. The number of hydrogen-bond acceptors (Lipinski definition) is 5. The molecule has 1 saturated heterocycles. The van der Waals surface area contributed by atoms with Gasteiger partial charge in [-0.2, -0.15) is 0 Å². The number of rotatable bonds is 5. The molecule has 5 nitrogen and oxygen atoms in total. The highest BCUT2D eigenvalue weighted by molar-refractivity contribution is 7.24. The van der Waals surface area contributed by atoms with E-state index < -0.39 is 0 Å². The SMILES string of the molecule is Cc1nc(-c2ccc(Cl)s2)sc1C(=O)N1CCCC(C(=O)NCC2CC2)C1. The van der Waals surface area contributed by atoms with Crippen LogP contribution in [-0.2, 0) is 4.79 Å². The highest BCUT2D eigenvalue weighted by Gasteiger charge is 2.31. The van der Waals surface area contributed by atoms with Crippen LogP contribution in [0.25, 0.3) is 9.88 Å². The number of amides is 2. The molecule has 3 heterocycles. The fourth-order valence-corrected chi connectivity index (χ4v) is 5.49. The number of thiophene rings is 1. The summed E-state index contributed by atoms with van der Waals surface area (Å²) in [5, 5.41) is 3.88. The first-order chi connectivity index (χ1) is 13.0. The first kappa shape index (κ1) is 18.9. The van der Waals surface area contributed by atoms with E-state index in [9.17, 15) is 9.59 Å². The number of thiazole rings is 1. The highest BCUT2D eigenvalue weighted by atomic mass is 35.5. The summed E-state index contributed by atoms with van der Waals surface area (Å²) in [5.74, 6) is 0.637. The van der Waals surface area contributed by atoms with E-state index in [1.165, 1.54) is 35.5 Å². The average molecular weight is 424 g/mol. The molecule has 2 aliphatic rings. The summed E-state index contributed by atoms with van der Waals surface area (Å²) in [5.41, 5.74) is 0.741. The van der Waals surface area contributed by atoms with E-state index in [1.807, 2.05) is 24.0 Å². The van der Waals surface area contributed by atoms with Crippen molar-refractivity contribution < 1.29 is 9.59 Å². The molecule has 1 aliphatic carbocycles. The van der Waals surface area contributed by atoms with Crippen molar-refractivity contribution >= 4 is 46.1 Å². The van der Waals surface area contributed by atoms with Gasteiger partial charge in [0, 0.05) is 19.6 Å². The third-order valence-electron chi connectivity index (χ3n) is 5.12. The Bertz CT molecular complexity index is 859. The molecule has 1 unspecified atom stereocenters. The van der Waals surface area contributed by atoms with Crippen LogP contribution in [0.3, 0.4) is 0 Å². The van der Waals surface area contributed by atoms with Crippen LogP contribution >= 0.6 is 34.3 Å². The molecule has 8 heteroatoms. The Labute approximate surface area is 171 Å². The summed E-state index contributed by atoms with van der Waals surface area (Å²) in [6.45, 7) is 3.84. The highest BCUT2D eigenvalue weighted by Crippen LogP contribution is 2.35. The number of nitrogens with zero attached hydrogens (tertiary/aromatic N) is 2. The molecule has 0 radical (unpaired) electrons. The Morgan fingerprint density at radius 3 is 2.81 bits per heavy atom. The van der Waals surface area contributed by atoms with Crippen molar-refractivity contribution in [2.45, 2.75) is 32.6 Å². The van der Waals surface area contributed by atoms with E-state index in [1.54, 1.807) is 0 Å². The van der Waals surface area contributed by atoms with Gasteiger partial charge in [0.1, 0.15) is 9.88 Å². The lowest BCUT2D eigenvalue weighted by Crippen LogP contribution is -2.45. The summed E-state index contributed by atoms with van der Waals surface area (Å²) in [6.07, 6.45) is 4.15. The van der Waals surface area contributed by atoms with Gasteiger partial charge in [0.15, 0.2) is 0 Å². The van der Waals surface area contributed by atoms with Crippen molar-refractivity contribution in [3.63, 3.8) is 0 Å². The van der Waals surface area contributed by atoms with E-state index in [2.05, 4.69) is 10.3 Å². The number of hydrogen-bond donors (Lipinski definition) is 1. The Hall–Kier alpha value is -1.44. The summed E-state index contributed by atoms with van der Waals surface area (Å²) in [6, 6.07) is 3.77. The molecule has 1 N–H and O–H groups in total. The minimum absolute atomic E-state index is 0.0152. The van der Waals surface area contributed by atoms with Crippen LogP contribution in [0.4, 0.5) is 0 Å². The first-order valence-electron chi connectivity index (χ1n) is 9.31.